The van der Waals surface area contributed by atoms with Crippen LogP contribution in [0.4, 0.5) is 0 Å². The number of halogens is 3. The molecule has 0 spiro atoms. The van der Waals surface area contributed by atoms with Crippen LogP contribution in [0.3, 0.4) is 0 Å². The summed E-state index contributed by atoms with van der Waals surface area (Å²) in [5.41, 5.74) is 1.45. The summed E-state index contributed by atoms with van der Waals surface area (Å²) in [6.45, 7) is 2.18. The molecule has 0 unspecified atom stereocenters. The van der Waals surface area contributed by atoms with Crippen LogP contribution < -0.4 is 5.56 Å². The molecule has 0 saturated heterocycles. The third-order valence-electron chi connectivity index (χ3n) is 2.49. The SMILES string of the molecule is Cc1ncn(Cc2ccc(Cl)c(Cl)c2)c(=O)c1Br. The highest BCUT2D eigenvalue weighted by Gasteiger charge is 2.06. The molecule has 1 heterocycles. The van der Waals surface area contributed by atoms with Crippen LogP contribution in [0.5, 0.6) is 0 Å². The van der Waals surface area contributed by atoms with Crippen molar-refractivity contribution in [2.45, 2.75) is 13.5 Å². The first-order chi connectivity index (χ1) is 8.49. The van der Waals surface area contributed by atoms with Gasteiger partial charge in [0.25, 0.3) is 5.56 Å². The summed E-state index contributed by atoms with van der Waals surface area (Å²) in [5, 5.41) is 0.970. The summed E-state index contributed by atoms with van der Waals surface area (Å²) in [4.78, 5) is 16.1. The lowest BCUT2D eigenvalue weighted by molar-refractivity contribution is 0.724. The molecule has 0 aliphatic carbocycles. The van der Waals surface area contributed by atoms with Gasteiger partial charge >= 0.3 is 0 Å². The summed E-state index contributed by atoms with van der Waals surface area (Å²) < 4.78 is 1.99. The van der Waals surface area contributed by atoms with Crippen molar-refractivity contribution in [2.75, 3.05) is 0 Å². The highest BCUT2D eigenvalue weighted by molar-refractivity contribution is 9.10. The van der Waals surface area contributed by atoms with Gasteiger partial charge in [-0.2, -0.15) is 0 Å². The Labute approximate surface area is 123 Å². The van der Waals surface area contributed by atoms with Gasteiger partial charge in [0.1, 0.15) is 4.47 Å². The second kappa shape index (κ2) is 5.43. The Morgan fingerprint density at radius 3 is 2.72 bits per heavy atom. The van der Waals surface area contributed by atoms with Gasteiger partial charge in [0.2, 0.25) is 0 Å². The molecule has 3 nitrogen and oxygen atoms in total. The van der Waals surface area contributed by atoms with Crippen LogP contribution in [0.1, 0.15) is 11.3 Å². The summed E-state index contributed by atoms with van der Waals surface area (Å²) >= 11 is 15.0. The van der Waals surface area contributed by atoms with Crippen LogP contribution in [0, 0.1) is 6.92 Å². The molecule has 0 bridgehead atoms. The monoisotopic (exact) mass is 346 g/mol. The van der Waals surface area contributed by atoms with Crippen LogP contribution >= 0.6 is 39.1 Å². The van der Waals surface area contributed by atoms with Crippen molar-refractivity contribution in [1.29, 1.82) is 0 Å². The maximum Gasteiger partial charge on any atom is 0.268 e. The van der Waals surface area contributed by atoms with Crippen LogP contribution in [0.15, 0.2) is 33.8 Å². The molecule has 2 aromatic rings. The molecule has 0 aliphatic heterocycles. The zero-order valence-electron chi connectivity index (χ0n) is 9.45. The van der Waals surface area contributed by atoms with Crippen LogP contribution in [-0.4, -0.2) is 9.55 Å². The van der Waals surface area contributed by atoms with E-state index in [9.17, 15) is 4.79 Å². The van der Waals surface area contributed by atoms with Crippen molar-refractivity contribution in [3.63, 3.8) is 0 Å². The third-order valence-corrected chi connectivity index (χ3v) is 4.15. The molecule has 18 heavy (non-hydrogen) atoms. The summed E-state index contributed by atoms with van der Waals surface area (Å²) in [5.74, 6) is 0. The molecular formula is C12H9BrCl2N2O. The minimum absolute atomic E-state index is 0.117. The smallest absolute Gasteiger partial charge is 0.268 e. The Kier molecular flexibility index (Phi) is 4.10. The molecule has 1 aromatic carbocycles. The molecule has 2 rings (SSSR count). The van der Waals surface area contributed by atoms with Crippen molar-refractivity contribution in [1.82, 2.24) is 9.55 Å². The van der Waals surface area contributed by atoms with Crippen molar-refractivity contribution < 1.29 is 0 Å². The lowest BCUT2D eigenvalue weighted by atomic mass is 10.2. The number of rotatable bonds is 2. The van der Waals surface area contributed by atoms with Crippen molar-refractivity contribution in [2.24, 2.45) is 0 Å². The fraction of sp³-hybridized carbons (Fsp3) is 0.167. The van der Waals surface area contributed by atoms with E-state index in [2.05, 4.69) is 20.9 Å². The first-order valence-corrected chi connectivity index (χ1v) is 6.69. The zero-order valence-corrected chi connectivity index (χ0v) is 12.6. The minimum atomic E-state index is -0.117. The molecule has 0 aliphatic rings. The summed E-state index contributed by atoms with van der Waals surface area (Å²) in [6, 6.07) is 5.28. The van der Waals surface area contributed by atoms with Gasteiger partial charge in [-0.1, -0.05) is 29.3 Å². The minimum Gasteiger partial charge on any atom is -0.294 e. The van der Waals surface area contributed by atoms with Gasteiger partial charge < -0.3 is 0 Å². The van der Waals surface area contributed by atoms with Gasteiger partial charge in [0.05, 0.1) is 28.6 Å². The van der Waals surface area contributed by atoms with Gasteiger partial charge in [-0.3, -0.25) is 9.36 Å². The van der Waals surface area contributed by atoms with E-state index in [0.717, 1.165) is 5.56 Å². The normalized spacial score (nSPS) is 10.7. The molecule has 0 fully saturated rings. The maximum atomic E-state index is 12.0. The topological polar surface area (TPSA) is 34.9 Å². The molecule has 0 atom stereocenters. The molecule has 0 radical (unpaired) electrons. The van der Waals surface area contributed by atoms with E-state index in [0.29, 0.717) is 26.8 Å². The number of hydrogen-bond acceptors (Lipinski definition) is 2. The predicted octanol–water partition coefficient (Wildman–Crippen LogP) is 3.67. The Morgan fingerprint density at radius 1 is 1.33 bits per heavy atom. The van der Waals surface area contributed by atoms with E-state index in [1.165, 1.54) is 10.9 Å². The molecule has 94 valence electrons. The van der Waals surface area contributed by atoms with Crippen molar-refractivity contribution >= 4 is 39.1 Å². The fourth-order valence-electron chi connectivity index (χ4n) is 1.49. The maximum absolute atomic E-state index is 12.0. The Morgan fingerprint density at radius 2 is 2.06 bits per heavy atom. The highest BCUT2D eigenvalue weighted by Crippen LogP contribution is 2.22. The molecule has 1 aromatic heterocycles. The Hall–Kier alpha value is -0.840. The fourth-order valence-corrected chi connectivity index (χ4v) is 2.14. The second-order valence-corrected chi connectivity index (χ2v) is 5.43. The van der Waals surface area contributed by atoms with Gasteiger partial charge in [-0.25, -0.2) is 4.98 Å². The highest BCUT2D eigenvalue weighted by atomic mass is 79.9. The van der Waals surface area contributed by atoms with Gasteiger partial charge in [-0.15, -0.1) is 0 Å². The van der Waals surface area contributed by atoms with Crippen LogP contribution in [-0.2, 0) is 6.54 Å². The second-order valence-electron chi connectivity index (χ2n) is 3.83. The average Bonchev–Trinajstić information content (AvgIpc) is 2.34. The van der Waals surface area contributed by atoms with Gasteiger partial charge in [0.15, 0.2) is 0 Å². The lowest BCUT2D eigenvalue weighted by Gasteiger charge is -2.07. The van der Waals surface area contributed by atoms with Crippen molar-refractivity contribution in [3.8, 4) is 0 Å². The largest absolute Gasteiger partial charge is 0.294 e. The zero-order chi connectivity index (χ0) is 13.3. The molecule has 6 heteroatoms. The van der Waals surface area contributed by atoms with Crippen LogP contribution in [0.25, 0.3) is 0 Å². The van der Waals surface area contributed by atoms with Crippen molar-refractivity contribution in [3.05, 3.63) is 60.7 Å². The lowest BCUT2D eigenvalue weighted by Crippen LogP contribution is -2.22. The van der Waals surface area contributed by atoms with E-state index in [1.807, 2.05) is 6.07 Å². The van der Waals surface area contributed by atoms with Gasteiger partial charge in [0, 0.05) is 0 Å². The number of hydrogen-bond donors (Lipinski definition) is 0. The molecular weight excluding hydrogens is 339 g/mol. The third kappa shape index (κ3) is 2.76. The summed E-state index contributed by atoms with van der Waals surface area (Å²) in [6.07, 6.45) is 1.52. The number of nitrogens with zero attached hydrogens (tertiary/aromatic N) is 2. The number of aryl methyl sites for hydroxylation is 1. The predicted molar refractivity (Wildman–Crippen MR) is 76.5 cm³/mol. The van der Waals surface area contributed by atoms with E-state index in [-0.39, 0.29) is 5.56 Å². The average molecular weight is 348 g/mol. The van der Waals surface area contributed by atoms with E-state index in [1.54, 1.807) is 19.1 Å². The first kappa shape index (κ1) is 13.6. The number of benzene rings is 1. The quantitative estimate of drug-likeness (QED) is 0.830. The standard InChI is InChI=1S/C12H9BrCl2N2O/c1-7-11(13)12(18)17(6-16-7)5-8-2-3-9(14)10(15)4-8/h2-4,6H,5H2,1H3. The molecule has 0 amide bonds. The molecule has 0 N–H and O–H groups in total. The van der Waals surface area contributed by atoms with E-state index < -0.39 is 0 Å². The Bertz CT molecular complexity index is 655. The van der Waals surface area contributed by atoms with Crippen LogP contribution in [0.2, 0.25) is 10.0 Å². The molecule has 0 saturated carbocycles. The Balaban J connectivity index is 2.37. The first-order valence-electron chi connectivity index (χ1n) is 5.14. The van der Waals surface area contributed by atoms with E-state index in [4.69, 9.17) is 23.2 Å². The number of aromatic nitrogens is 2. The summed E-state index contributed by atoms with van der Waals surface area (Å²) in [7, 11) is 0. The van der Waals surface area contributed by atoms with Gasteiger partial charge in [-0.05, 0) is 40.5 Å². The van der Waals surface area contributed by atoms with E-state index >= 15 is 0 Å².